The molecule has 0 saturated carbocycles. The summed E-state index contributed by atoms with van der Waals surface area (Å²) in [5.41, 5.74) is 2.58. The van der Waals surface area contributed by atoms with Gasteiger partial charge in [-0.3, -0.25) is 4.79 Å². The van der Waals surface area contributed by atoms with Crippen LogP contribution in [0.25, 0.3) is 0 Å². The van der Waals surface area contributed by atoms with Crippen LogP contribution in [0.15, 0.2) is 11.1 Å². The van der Waals surface area contributed by atoms with Crippen LogP contribution in [-0.4, -0.2) is 24.4 Å². The van der Waals surface area contributed by atoms with E-state index in [9.17, 15) is 4.79 Å². The van der Waals surface area contributed by atoms with E-state index >= 15 is 0 Å². The summed E-state index contributed by atoms with van der Waals surface area (Å²) in [6.07, 6.45) is 5.71. The first-order valence-corrected chi connectivity index (χ1v) is 5.75. The fourth-order valence-electron chi connectivity index (χ4n) is 2.20. The van der Waals surface area contributed by atoms with Crippen molar-refractivity contribution in [1.82, 2.24) is 4.90 Å². The van der Waals surface area contributed by atoms with Crippen molar-refractivity contribution in [1.29, 1.82) is 0 Å². The van der Waals surface area contributed by atoms with Gasteiger partial charge in [-0.1, -0.05) is 19.4 Å². The van der Waals surface area contributed by atoms with Crippen LogP contribution in [0.1, 0.15) is 46.0 Å². The van der Waals surface area contributed by atoms with Crippen LogP contribution >= 0.6 is 0 Å². The molecule has 0 unspecified atom stereocenters. The van der Waals surface area contributed by atoms with Crippen LogP contribution in [0, 0.1) is 0 Å². The van der Waals surface area contributed by atoms with E-state index < -0.39 is 0 Å². The molecule has 14 heavy (non-hydrogen) atoms. The van der Waals surface area contributed by atoms with E-state index in [2.05, 4.69) is 0 Å². The molecule has 2 rings (SSSR count). The summed E-state index contributed by atoms with van der Waals surface area (Å²) in [6.45, 7) is 4.94. The van der Waals surface area contributed by atoms with Gasteiger partial charge in [-0.2, -0.15) is 0 Å². The summed E-state index contributed by atoms with van der Waals surface area (Å²) >= 11 is 0. The highest BCUT2D eigenvalue weighted by Crippen LogP contribution is 2.32. The van der Waals surface area contributed by atoms with Gasteiger partial charge in [-0.15, -0.1) is 0 Å². The quantitative estimate of drug-likeness (QED) is 0.582. The Labute approximate surface area is 87.0 Å². The zero-order valence-electron chi connectivity index (χ0n) is 9.60. The van der Waals surface area contributed by atoms with E-state index in [1.165, 1.54) is 18.4 Å². The first-order chi connectivity index (χ1) is 6.79. The smallest absolute Gasteiger partial charge is 0.249 e. The second-order valence-corrected chi connectivity index (χ2v) is 3.77. The lowest BCUT2D eigenvalue weighted by atomic mass is 10.1. The van der Waals surface area contributed by atoms with Crippen LogP contribution in [0.2, 0.25) is 0 Å². The number of carbonyl (C=O) groups is 1. The van der Waals surface area contributed by atoms with Crippen LogP contribution in [0.3, 0.4) is 0 Å². The van der Waals surface area contributed by atoms with Gasteiger partial charge in [0.05, 0.1) is 0 Å². The Morgan fingerprint density at radius 2 is 1.71 bits per heavy atom. The van der Waals surface area contributed by atoms with Gasteiger partial charge in [0.25, 0.3) is 0 Å². The molecular formula is C12H21NO. The summed E-state index contributed by atoms with van der Waals surface area (Å²) in [4.78, 5) is 13.6. The van der Waals surface area contributed by atoms with Crippen molar-refractivity contribution in [3.8, 4) is 0 Å². The first kappa shape index (κ1) is 11.3. The Hall–Kier alpha value is -0.790. The first-order valence-electron chi connectivity index (χ1n) is 5.75. The zero-order chi connectivity index (χ0) is 10.6. The van der Waals surface area contributed by atoms with Crippen molar-refractivity contribution in [2.45, 2.75) is 46.0 Å². The summed E-state index contributed by atoms with van der Waals surface area (Å²) < 4.78 is 0. The van der Waals surface area contributed by atoms with Gasteiger partial charge >= 0.3 is 0 Å². The van der Waals surface area contributed by atoms with Gasteiger partial charge in [0.1, 0.15) is 0 Å². The molecule has 80 valence electrons. The van der Waals surface area contributed by atoms with Crippen LogP contribution in [-0.2, 0) is 4.79 Å². The maximum absolute atomic E-state index is 11.7. The maximum Gasteiger partial charge on any atom is 0.249 e. The van der Waals surface area contributed by atoms with E-state index in [1.54, 1.807) is 0 Å². The van der Waals surface area contributed by atoms with Gasteiger partial charge in [0.2, 0.25) is 5.91 Å². The van der Waals surface area contributed by atoms with Crippen molar-refractivity contribution in [2.24, 2.45) is 0 Å². The summed E-state index contributed by atoms with van der Waals surface area (Å²) in [6, 6.07) is 0. The lowest BCUT2D eigenvalue weighted by Crippen LogP contribution is -2.27. The molecule has 2 heteroatoms. The number of nitrogens with zero attached hydrogens (tertiary/aromatic N) is 1. The summed E-state index contributed by atoms with van der Waals surface area (Å²) in [7, 11) is 1.91. The topological polar surface area (TPSA) is 20.3 Å². The van der Waals surface area contributed by atoms with E-state index in [1.807, 2.05) is 25.8 Å². The average Bonchev–Trinajstić information content (AvgIpc) is 2.63. The minimum atomic E-state index is 0.292. The van der Waals surface area contributed by atoms with Gasteiger partial charge in [0, 0.05) is 19.2 Å². The Morgan fingerprint density at radius 3 is 2.43 bits per heavy atom. The second-order valence-electron chi connectivity index (χ2n) is 3.77. The second kappa shape index (κ2) is 5.18. The van der Waals surface area contributed by atoms with Crippen molar-refractivity contribution < 1.29 is 4.79 Å². The number of likely N-dealkylation sites (N-methyl/N-ethyl adjacent to an activating group) is 1. The highest BCUT2D eigenvalue weighted by atomic mass is 16.2. The van der Waals surface area contributed by atoms with Crippen molar-refractivity contribution in [2.75, 3.05) is 13.6 Å². The highest BCUT2D eigenvalue weighted by Gasteiger charge is 2.25. The highest BCUT2D eigenvalue weighted by molar-refractivity contribution is 5.94. The molecule has 1 amide bonds. The lowest BCUT2D eigenvalue weighted by Gasteiger charge is -2.14. The third kappa shape index (κ3) is 2.17. The predicted molar refractivity (Wildman–Crippen MR) is 59.1 cm³/mol. The molecule has 1 aliphatic carbocycles. The number of amides is 1. The molecule has 1 aliphatic heterocycles. The molecule has 0 spiro atoms. The largest absolute Gasteiger partial charge is 0.342 e. The van der Waals surface area contributed by atoms with Crippen molar-refractivity contribution in [3.05, 3.63) is 11.1 Å². The third-order valence-corrected chi connectivity index (χ3v) is 2.91. The molecule has 0 atom stereocenters. The van der Waals surface area contributed by atoms with Crippen molar-refractivity contribution in [3.63, 3.8) is 0 Å². The number of rotatable bonds is 0. The van der Waals surface area contributed by atoms with E-state index in [0.29, 0.717) is 5.91 Å². The molecule has 2 aliphatic rings. The number of hydrogen-bond acceptors (Lipinski definition) is 1. The fourth-order valence-corrected chi connectivity index (χ4v) is 2.20. The molecule has 0 saturated heterocycles. The molecule has 1 heterocycles. The third-order valence-electron chi connectivity index (χ3n) is 2.91. The van der Waals surface area contributed by atoms with Gasteiger partial charge in [-0.05, 0) is 32.1 Å². The molecule has 0 fully saturated rings. The molecule has 0 radical (unpaired) electrons. The van der Waals surface area contributed by atoms with Gasteiger partial charge < -0.3 is 4.90 Å². The summed E-state index contributed by atoms with van der Waals surface area (Å²) in [5, 5.41) is 0. The molecule has 0 aromatic carbocycles. The lowest BCUT2D eigenvalue weighted by molar-refractivity contribution is -0.125. The molecular weight excluding hydrogens is 174 g/mol. The zero-order valence-corrected chi connectivity index (χ0v) is 9.60. The van der Waals surface area contributed by atoms with E-state index in [0.717, 1.165) is 31.4 Å². The summed E-state index contributed by atoms with van der Waals surface area (Å²) in [5.74, 6) is 0.292. The average molecular weight is 195 g/mol. The molecule has 0 aromatic rings. The Kier molecular flexibility index (Phi) is 4.18. The van der Waals surface area contributed by atoms with E-state index in [4.69, 9.17) is 0 Å². The van der Waals surface area contributed by atoms with Crippen LogP contribution in [0.5, 0.6) is 0 Å². The molecule has 0 bridgehead atoms. The monoisotopic (exact) mass is 195 g/mol. The molecule has 2 nitrogen and oxygen atoms in total. The predicted octanol–water partition coefficient (Wildman–Crippen LogP) is 2.75. The minimum absolute atomic E-state index is 0.292. The van der Waals surface area contributed by atoms with Gasteiger partial charge in [0.15, 0.2) is 0 Å². The Balaban J connectivity index is 0.000000461. The van der Waals surface area contributed by atoms with E-state index in [-0.39, 0.29) is 0 Å². The Morgan fingerprint density at radius 1 is 1.07 bits per heavy atom. The minimum Gasteiger partial charge on any atom is -0.342 e. The Bertz CT molecular complexity index is 243. The van der Waals surface area contributed by atoms with Gasteiger partial charge in [-0.25, -0.2) is 0 Å². The molecule has 0 N–H and O–H groups in total. The number of carbonyl (C=O) groups excluding carboxylic acids is 1. The standard InChI is InChI=1S/C10H15NO.C2H6/c1-11-7-3-5-8-4-2-6-9(8)10(11)12;1-2/h2-7H2,1H3;1-2H3. The van der Waals surface area contributed by atoms with Crippen LogP contribution in [0.4, 0.5) is 0 Å². The number of hydrogen-bond donors (Lipinski definition) is 0. The normalized spacial score (nSPS) is 21.4. The van der Waals surface area contributed by atoms with Crippen molar-refractivity contribution >= 4 is 5.91 Å². The number of allylic oxidation sites excluding steroid dienone is 1. The fraction of sp³-hybridized carbons (Fsp3) is 0.750. The SMILES string of the molecule is CC.CN1CCCC2=C(CCC2)C1=O. The molecule has 0 aromatic heterocycles. The maximum atomic E-state index is 11.7. The van der Waals surface area contributed by atoms with Crippen LogP contribution < -0.4 is 0 Å².